The van der Waals surface area contributed by atoms with Crippen molar-refractivity contribution in [3.63, 3.8) is 0 Å². The third kappa shape index (κ3) is 7.44. The Kier molecular flexibility index (Phi) is 10.0. The van der Waals surface area contributed by atoms with Crippen LogP contribution in [0.15, 0.2) is 24.3 Å². The Morgan fingerprint density at radius 2 is 1.95 bits per heavy atom. The fraction of sp³-hybridized carbons (Fsp3) is 0.562. The number of halogens is 2. The third-order valence-corrected chi connectivity index (χ3v) is 3.39. The van der Waals surface area contributed by atoms with Crippen molar-refractivity contribution >= 4 is 18.3 Å². The molecule has 1 amide bonds. The number of likely N-dealkylation sites (N-methyl/N-ethyl adjacent to an activating group) is 1. The van der Waals surface area contributed by atoms with E-state index in [1.165, 1.54) is 6.07 Å². The molecule has 1 unspecified atom stereocenters. The van der Waals surface area contributed by atoms with Crippen LogP contribution < -0.4 is 10.6 Å². The Morgan fingerprint density at radius 3 is 2.57 bits per heavy atom. The lowest BCUT2D eigenvalue weighted by atomic mass is 10.00. The monoisotopic (exact) mass is 316 g/mol. The van der Waals surface area contributed by atoms with Gasteiger partial charge < -0.3 is 10.6 Å². The van der Waals surface area contributed by atoms with E-state index in [4.69, 9.17) is 0 Å². The quantitative estimate of drug-likeness (QED) is 0.774. The largest absolute Gasteiger partial charge is 0.354 e. The smallest absolute Gasteiger partial charge is 0.222 e. The fourth-order valence-electron chi connectivity index (χ4n) is 2.05. The molecule has 0 aliphatic heterocycles. The van der Waals surface area contributed by atoms with Crippen molar-refractivity contribution in [2.45, 2.75) is 39.7 Å². The predicted molar refractivity (Wildman–Crippen MR) is 87.3 cm³/mol. The summed E-state index contributed by atoms with van der Waals surface area (Å²) in [6.45, 7) is 7.47. The normalized spacial score (nSPS) is 13.1. The molecule has 21 heavy (non-hydrogen) atoms. The molecule has 0 saturated carbocycles. The van der Waals surface area contributed by atoms with Crippen LogP contribution in [-0.4, -0.2) is 25.0 Å². The molecule has 1 aromatic carbocycles. The molecular weight excluding hydrogens is 291 g/mol. The second-order valence-corrected chi connectivity index (χ2v) is 5.24. The number of benzene rings is 1. The molecule has 0 spiro atoms. The first-order valence-electron chi connectivity index (χ1n) is 7.29. The van der Waals surface area contributed by atoms with Crippen molar-refractivity contribution in [1.29, 1.82) is 0 Å². The Bertz CT molecular complexity index is 428. The topological polar surface area (TPSA) is 41.1 Å². The van der Waals surface area contributed by atoms with Crippen LogP contribution in [0.2, 0.25) is 0 Å². The summed E-state index contributed by atoms with van der Waals surface area (Å²) in [6, 6.07) is 6.99. The van der Waals surface area contributed by atoms with E-state index in [0.717, 1.165) is 6.54 Å². The van der Waals surface area contributed by atoms with E-state index in [9.17, 15) is 9.18 Å². The van der Waals surface area contributed by atoms with Gasteiger partial charge in [0.1, 0.15) is 5.82 Å². The maximum absolute atomic E-state index is 13.5. The van der Waals surface area contributed by atoms with Gasteiger partial charge in [-0.2, -0.15) is 0 Å². The van der Waals surface area contributed by atoms with Crippen LogP contribution in [0.5, 0.6) is 0 Å². The highest BCUT2D eigenvalue weighted by molar-refractivity contribution is 5.85. The maximum Gasteiger partial charge on any atom is 0.222 e. The van der Waals surface area contributed by atoms with Crippen LogP contribution >= 0.6 is 12.4 Å². The summed E-state index contributed by atoms with van der Waals surface area (Å²) in [4.78, 5) is 11.9. The van der Waals surface area contributed by atoms with Gasteiger partial charge in [0.2, 0.25) is 5.91 Å². The lowest BCUT2D eigenvalue weighted by molar-refractivity contribution is -0.124. The van der Waals surface area contributed by atoms with Gasteiger partial charge in [0.05, 0.1) is 0 Å². The van der Waals surface area contributed by atoms with E-state index < -0.39 is 0 Å². The van der Waals surface area contributed by atoms with Crippen LogP contribution in [0.25, 0.3) is 0 Å². The Balaban J connectivity index is 0.00000400. The van der Waals surface area contributed by atoms with Crippen molar-refractivity contribution < 1.29 is 9.18 Å². The van der Waals surface area contributed by atoms with Crippen LogP contribution in [0.4, 0.5) is 4.39 Å². The molecule has 120 valence electrons. The number of hydrogen-bond donors (Lipinski definition) is 2. The SMILES string of the molecule is CCN[C@H](C)CNC(=O)C(C)CCc1ccccc1F.Cl. The Morgan fingerprint density at radius 1 is 1.29 bits per heavy atom. The summed E-state index contributed by atoms with van der Waals surface area (Å²) in [6.07, 6.45) is 1.24. The average Bonchev–Trinajstić information content (AvgIpc) is 2.44. The van der Waals surface area contributed by atoms with E-state index in [1.807, 2.05) is 26.8 Å². The zero-order chi connectivity index (χ0) is 15.0. The van der Waals surface area contributed by atoms with Gasteiger partial charge in [-0.15, -0.1) is 12.4 Å². The van der Waals surface area contributed by atoms with Gasteiger partial charge in [0.25, 0.3) is 0 Å². The molecule has 1 rings (SSSR count). The summed E-state index contributed by atoms with van der Waals surface area (Å²) >= 11 is 0. The zero-order valence-corrected chi connectivity index (χ0v) is 13.8. The van der Waals surface area contributed by atoms with Crippen LogP contribution in [0.3, 0.4) is 0 Å². The van der Waals surface area contributed by atoms with E-state index in [2.05, 4.69) is 10.6 Å². The van der Waals surface area contributed by atoms with Crippen LogP contribution in [0, 0.1) is 11.7 Å². The number of aryl methyl sites for hydroxylation is 1. The fourth-order valence-corrected chi connectivity index (χ4v) is 2.05. The van der Waals surface area contributed by atoms with E-state index in [1.54, 1.807) is 12.1 Å². The van der Waals surface area contributed by atoms with Crippen LogP contribution in [0.1, 0.15) is 32.8 Å². The molecule has 5 heteroatoms. The van der Waals surface area contributed by atoms with E-state index >= 15 is 0 Å². The second kappa shape index (κ2) is 10.6. The summed E-state index contributed by atoms with van der Waals surface area (Å²) in [5, 5.41) is 6.16. The number of hydrogen-bond acceptors (Lipinski definition) is 2. The number of amides is 1. The highest BCUT2D eigenvalue weighted by Crippen LogP contribution is 2.13. The number of carbonyl (C=O) groups excluding carboxylic acids is 1. The standard InChI is InChI=1S/C16H25FN2O.ClH/c1-4-18-13(3)11-19-16(20)12(2)9-10-14-7-5-6-8-15(14)17;/h5-8,12-13,18H,4,9-11H2,1-3H3,(H,19,20);1H/t12?,13-;/m1./s1. The highest BCUT2D eigenvalue weighted by atomic mass is 35.5. The minimum atomic E-state index is -0.194. The first kappa shape index (κ1) is 19.9. The van der Waals surface area contributed by atoms with Crippen molar-refractivity contribution in [1.82, 2.24) is 10.6 Å². The molecule has 3 nitrogen and oxygen atoms in total. The van der Waals surface area contributed by atoms with Gasteiger partial charge in [-0.25, -0.2) is 4.39 Å². The first-order chi connectivity index (χ1) is 9.54. The van der Waals surface area contributed by atoms with Gasteiger partial charge >= 0.3 is 0 Å². The molecule has 1 aromatic rings. The molecular formula is C16H26ClFN2O. The lowest BCUT2D eigenvalue weighted by Crippen LogP contribution is -2.40. The molecule has 0 radical (unpaired) electrons. The summed E-state index contributed by atoms with van der Waals surface area (Å²) in [5.41, 5.74) is 0.674. The Labute approximate surface area is 133 Å². The minimum absolute atomic E-state index is 0. The lowest BCUT2D eigenvalue weighted by Gasteiger charge is -2.16. The van der Waals surface area contributed by atoms with Gasteiger partial charge in [0, 0.05) is 18.5 Å². The van der Waals surface area contributed by atoms with E-state index in [0.29, 0.717) is 24.9 Å². The van der Waals surface area contributed by atoms with Gasteiger partial charge in [-0.05, 0) is 37.9 Å². The second-order valence-electron chi connectivity index (χ2n) is 5.24. The number of nitrogens with one attached hydrogen (secondary N) is 2. The van der Waals surface area contributed by atoms with Gasteiger partial charge in [0.15, 0.2) is 0 Å². The average molecular weight is 317 g/mol. The van der Waals surface area contributed by atoms with Crippen molar-refractivity contribution in [2.75, 3.05) is 13.1 Å². The van der Waals surface area contributed by atoms with Crippen LogP contribution in [-0.2, 0) is 11.2 Å². The molecule has 0 bridgehead atoms. The maximum atomic E-state index is 13.5. The summed E-state index contributed by atoms with van der Waals surface area (Å²) in [5.74, 6) is -0.268. The first-order valence-corrected chi connectivity index (χ1v) is 7.29. The van der Waals surface area contributed by atoms with E-state index in [-0.39, 0.29) is 36.1 Å². The third-order valence-electron chi connectivity index (χ3n) is 3.39. The zero-order valence-electron chi connectivity index (χ0n) is 13.0. The van der Waals surface area contributed by atoms with Crippen molar-refractivity contribution in [3.8, 4) is 0 Å². The number of rotatable bonds is 8. The molecule has 0 heterocycles. The minimum Gasteiger partial charge on any atom is -0.354 e. The summed E-state index contributed by atoms with van der Waals surface area (Å²) in [7, 11) is 0. The molecule has 0 fully saturated rings. The van der Waals surface area contributed by atoms with Crippen molar-refractivity contribution in [2.24, 2.45) is 5.92 Å². The van der Waals surface area contributed by atoms with Crippen molar-refractivity contribution in [3.05, 3.63) is 35.6 Å². The highest BCUT2D eigenvalue weighted by Gasteiger charge is 2.14. The molecule has 0 aromatic heterocycles. The van der Waals surface area contributed by atoms with Gasteiger partial charge in [-0.3, -0.25) is 4.79 Å². The summed E-state index contributed by atoms with van der Waals surface area (Å²) < 4.78 is 13.5. The predicted octanol–water partition coefficient (Wildman–Crippen LogP) is 2.93. The molecule has 2 N–H and O–H groups in total. The Hall–Kier alpha value is -1.13. The molecule has 0 saturated heterocycles. The molecule has 0 aliphatic carbocycles. The molecule has 0 aliphatic rings. The molecule has 2 atom stereocenters. The van der Waals surface area contributed by atoms with Gasteiger partial charge in [-0.1, -0.05) is 32.0 Å². The number of carbonyl (C=O) groups is 1.